The van der Waals surface area contributed by atoms with Crippen molar-refractivity contribution in [1.29, 1.82) is 0 Å². The number of morpholine rings is 1. The van der Waals surface area contributed by atoms with Gasteiger partial charge in [0.1, 0.15) is 18.1 Å². The molecule has 3 aromatic carbocycles. The van der Waals surface area contributed by atoms with E-state index in [1.54, 1.807) is 18.7 Å². The van der Waals surface area contributed by atoms with Gasteiger partial charge in [0, 0.05) is 40.6 Å². The predicted molar refractivity (Wildman–Crippen MR) is 149 cm³/mol. The Labute approximate surface area is 229 Å². The van der Waals surface area contributed by atoms with E-state index < -0.39 is 0 Å². The van der Waals surface area contributed by atoms with Crippen molar-refractivity contribution in [2.45, 2.75) is 23.6 Å². The monoisotopic (exact) mass is 531 g/mol. The Morgan fingerprint density at radius 2 is 1.74 bits per heavy atom. The fraction of sp³-hybridized carbons (Fsp3) is 0.323. The number of hydrogen-bond acceptors (Lipinski definition) is 7. The fourth-order valence-corrected chi connectivity index (χ4v) is 4.90. The minimum absolute atomic E-state index is 0.103. The summed E-state index contributed by atoms with van der Waals surface area (Å²) < 4.78 is 22.2. The molecule has 1 saturated heterocycles. The number of nitrogens with zero attached hydrogens (tertiary/aromatic N) is 1. The number of esters is 1. The molecule has 198 valence electrons. The van der Waals surface area contributed by atoms with Gasteiger partial charge in [-0.05, 0) is 67.9 Å². The summed E-state index contributed by atoms with van der Waals surface area (Å²) in [5.74, 6) is 7.62. The SMILES string of the molecule is CCOC(=O)COc1ccc(Sc2cc(C#Cc3ccccc3)cc(OCCN3CCOCC3)c2)cc1C. The van der Waals surface area contributed by atoms with E-state index in [2.05, 4.69) is 28.9 Å². The maximum atomic E-state index is 11.6. The maximum absolute atomic E-state index is 11.6. The first-order chi connectivity index (χ1) is 18.6. The molecule has 0 amide bonds. The van der Waals surface area contributed by atoms with Crippen molar-refractivity contribution in [2.24, 2.45) is 0 Å². The van der Waals surface area contributed by atoms with Gasteiger partial charge in [0.05, 0.1) is 19.8 Å². The smallest absolute Gasteiger partial charge is 0.344 e. The van der Waals surface area contributed by atoms with Gasteiger partial charge in [0.2, 0.25) is 0 Å². The minimum atomic E-state index is -0.375. The van der Waals surface area contributed by atoms with Crippen LogP contribution in [0.25, 0.3) is 0 Å². The molecule has 6 nitrogen and oxygen atoms in total. The molecule has 1 aliphatic heterocycles. The highest BCUT2D eigenvalue weighted by Gasteiger charge is 2.11. The predicted octanol–water partition coefficient (Wildman–Crippen LogP) is 5.20. The van der Waals surface area contributed by atoms with Crippen molar-refractivity contribution in [3.8, 4) is 23.3 Å². The van der Waals surface area contributed by atoms with Gasteiger partial charge in [0.25, 0.3) is 0 Å². The highest BCUT2D eigenvalue weighted by Crippen LogP contribution is 2.34. The third kappa shape index (κ3) is 8.84. The van der Waals surface area contributed by atoms with Crippen molar-refractivity contribution < 1.29 is 23.7 Å². The fourth-order valence-electron chi connectivity index (χ4n) is 3.89. The molecule has 0 spiro atoms. The number of carbonyl (C=O) groups is 1. The third-order valence-electron chi connectivity index (χ3n) is 5.82. The first-order valence-electron chi connectivity index (χ1n) is 12.8. The first kappa shape index (κ1) is 27.6. The Kier molecular flexibility index (Phi) is 10.5. The molecule has 1 aliphatic rings. The average molecular weight is 532 g/mol. The van der Waals surface area contributed by atoms with E-state index in [1.165, 1.54) is 0 Å². The Morgan fingerprint density at radius 1 is 0.947 bits per heavy atom. The van der Waals surface area contributed by atoms with E-state index in [0.717, 1.165) is 65.1 Å². The second kappa shape index (κ2) is 14.5. The zero-order valence-electron chi connectivity index (χ0n) is 21.9. The minimum Gasteiger partial charge on any atom is -0.492 e. The van der Waals surface area contributed by atoms with Crippen molar-refractivity contribution in [3.05, 3.63) is 83.4 Å². The quantitative estimate of drug-likeness (QED) is 0.263. The van der Waals surface area contributed by atoms with Crippen molar-refractivity contribution >= 4 is 17.7 Å². The molecular weight excluding hydrogens is 498 g/mol. The molecule has 0 unspecified atom stereocenters. The van der Waals surface area contributed by atoms with Crippen LogP contribution in [0.3, 0.4) is 0 Å². The Morgan fingerprint density at radius 3 is 2.50 bits per heavy atom. The van der Waals surface area contributed by atoms with Crippen molar-refractivity contribution in [2.75, 3.05) is 52.7 Å². The largest absolute Gasteiger partial charge is 0.492 e. The van der Waals surface area contributed by atoms with E-state index in [4.69, 9.17) is 18.9 Å². The molecular formula is C31H33NO5S. The van der Waals surface area contributed by atoms with Gasteiger partial charge in [-0.1, -0.05) is 41.8 Å². The zero-order valence-corrected chi connectivity index (χ0v) is 22.7. The molecule has 1 heterocycles. The average Bonchev–Trinajstić information content (AvgIpc) is 2.93. The molecule has 1 fully saturated rings. The molecule has 0 saturated carbocycles. The van der Waals surface area contributed by atoms with Gasteiger partial charge in [-0.15, -0.1) is 0 Å². The normalized spacial score (nSPS) is 13.3. The standard InChI is InChI=1S/C31H33NO5S/c1-3-35-31(33)23-37-30-12-11-28(19-24(30)2)38-29-21-26(10-9-25-7-5-4-6-8-25)20-27(22-29)36-18-15-32-13-16-34-17-14-32/h4-8,11-12,19-22H,3,13-18,23H2,1-2H3. The number of benzene rings is 3. The van der Waals surface area contributed by atoms with Crippen LogP contribution >= 0.6 is 11.8 Å². The second-order valence-corrected chi connectivity index (χ2v) is 9.88. The zero-order chi connectivity index (χ0) is 26.6. The molecule has 0 N–H and O–H groups in total. The van der Waals surface area contributed by atoms with E-state index in [1.807, 2.05) is 61.5 Å². The van der Waals surface area contributed by atoms with Crippen LogP contribution in [0, 0.1) is 18.8 Å². The van der Waals surface area contributed by atoms with Crippen LogP contribution < -0.4 is 9.47 Å². The highest BCUT2D eigenvalue weighted by molar-refractivity contribution is 7.99. The third-order valence-corrected chi connectivity index (χ3v) is 6.78. The Bertz CT molecular complexity index is 1260. The van der Waals surface area contributed by atoms with Crippen LogP contribution in [0.2, 0.25) is 0 Å². The molecule has 0 aliphatic carbocycles. The molecule has 7 heteroatoms. The maximum Gasteiger partial charge on any atom is 0.344 e. The van der Waals surface area contributed by atoms with Crippen LogP contribution in [0.15, 0.2) is 76.5 Å². The van der Waals surface area contributed by atoms with E-state index >= 15 is 0 Å². The number of ether oxygens (including phenoxy) is 4. The lowest BCUT2D eigenvalue weighted by molar-refractivity contribution is -0.145. The summed E-state index contributed by atoms with van der Waals surface area (Å²) >= 11 is 1.63. The summed E-state index contributed by atoms with van der Waals surface area (Å²) in [6.07, 6.45) is 0. The first-order valence-corrected chi connectivity index (χ1v) is 13.6. The van der Waals surface area contributed by atoms with Crippen LogP contribution in [0.5, 0.6) is 11.5 Å². The van der Waals surface area contributed by atoms with Crippen LogP contribution in [-0.4, -0.2) is 63.5 Å². The molecule has 3 aromatic rings. The van der Waals surface area contributed by atoms with Gasteiger partial charge in [0.15, 0.2) is 6.61 Å². The van der Waals surface area contributed by atoms with Gasteiger partial charge in [-0.3, -0.25) is 4.90 Å². The van der Waals surface area contributed by atoms with E-state index in [-0.39, 0.29) is 12.6 Å². The summed E-state index contributed by atoms with van der Waals surface area (Å²) in [7, 11) is 0. The van der Waals surface area contributed by atoms with Gasteiger partial charge < -0.3 is 18.9 Å². The number of aryl methyl sites for hydroxylation is 1. The van der Waals surface area contributed by atoms with Crippen LogP contribution in [-0.2, 0) is 14.3 Å². The lowest BCUT2D eigenvalue weighted by Gasteiger charge is -2.26. The Balaban J connectivity index is 1.48. The molecule has 0 bridgehead atoms. The highest BCUT2D eigenvalue weighted by atomic mass is 32.2. The molecule has 4 rings (SSSR count). The molecule has 0 atom stereocenters. The number of hydrogen-bond donors (Lipinski definition) is 0. The van der Waals surface area contributed by atoms with Gasteiger partial charge in [-0.25, -0.2) is 4.79 Å². The molecule has 0 radical (unpaired) electrons. The van der Waals surface area contributed by atoms with Crippen LogP contribution in [0.4, 0.5) is 0 Å². The van der Waals surface area contributed by atoms with E-state index in [9.17, 15) is 4.79 Å². The second-order valence-electron chi connectivity index (χ2n) is 8.73. The summed E-state index contributed by atoms with van der Waals surface area (Å²) in [4.78, 5) is 16.1. The summed E-state index contributed by atoms with van der Waals surface area (Å²) in [5, 5.41) is 0. The number of carbonyl (C=O) groups excluding carboxylic acids is 1. The van der Waals surface area contributed by atoms with Gasteiger partial charge in [-0.2, -0.15) is 0 Å². The van der Waals surface area contributed by atoms with Crippen LogP contribution in [0.1, 0.15) is 23.6 Å². The van der Waals surface area contributed by atoms with Gasteiger partial charge >= 0.3 is 5.97 Å². The molecule has 0 aromatic heterocycles. The summed E-state index contributed by atoms with van der Waals surface area (Å²) in [6.45, 7) is 8.86. The Hall–Kier alpha value is -3.44. The van der Waals surface area contributed by atoms with E-state index in [0.29, 0.717) is 19.0 Å². The number of rotatable bonds is 10. The molecule has 38 heavy (non-hydrogen) atoms. The van der Waals surface area contributed by atoms with Crippen molar-refractivity contribution in [1.82, 2.24) is 4.90 Å². The topological polar surface area (TPSA) is 57.2 Å². The summed E-state index contributed by atoms with van der Waals surface area (Å²) in [5.41, 5.74) is 2.81. The summed E-state index contributed by atoms with van der Waals surface area (Å²) in [6, 6.07) is 22.0. The lowest BCUT2D eigenvalue weighted by Crippen LogP contribution is -2.38. The van der Waals surface area contributed by atoms with Crippen molar-refractivity contribution in [3.63, 3.8) is 0 Å². The lowest BCUT2D eigenvalue weighted by atomic mass is 10.2.